The minimum Gasteiger partial charge on any atom is -0.461 e. The number of esters is 1. The molecule has 13 heavy (non-hydrogen) atoms. The van der Waals surface area contributed by atoms with Crippen molar-refractivity contribution in [2.75, 3.05) is 12.4 Å². The van der Waals surface area contributed by atoms with Crippen LogP contribution < -0.4 is 0 Å². The molecule has 4 heteroatoms. The van der Waals surface area contributed by atoms with Gasteiger partial charge in [0.15, 0.2) is 0 Å². The second kappa shape index (κ2) is 6.48. The lowest BCUT2D eigenvalue weighted by atomic mass is 10.4. The van der Waals surface area contributed by atoms with Gasteiger partial charge in [0, 0.05) is 11.3 Å². The maximum absolute atomic E-state index is 10.8. The van der Waals surface area contributed by atoms with Gasteiger partial charge in [-0.05, 0) is 13.0 Å². The lowest BCUT2D eigenvalue weighted by Crippen LogP contribution is -2.08. The molecule has 0 atom stereocenters. The highest BCUT2D eigenvalue weighted by atomic mass is 32.2. The maximum Gasteiger partial charge on any atom is 0.333 e. The van der Waals surface area contributed by atoms with Gasteiger partial charge in [0.2, 0.25) is 5.12 Å². The second-order valence-electron chi connectivity index (χ2n) is 2.29. The number of ether oxygens (including phenoxy) is 1. The Labute approximate surface area is 81.8 Å². The summed E-state index contributed by atoms with van der Waals surface area (Å²) in [6.45, 7) is 8.52. The number of carbonyl (C=O) groups is 2. The standard InChI is InChI=1S/C9H12O3S/c1-4-8(10)13-6-5-12-9(11)7(2)3/h4H,1-2,5-6H2,3H3. The highest BCUT2D eigenvalue weighted by Crippen LogP contribution is 2.02. The van der Waals surface area contributed by atoms with Gasteiger partial charge in [-0.1, -0.05) is 24.9 Å². The Morgan fingerprint density at radius 3 is 2.62 bits per heavy atom. The Balaban J connectivity index is 3.46. The van der Waals surface area contributed by atoms with E-state index in [1.807, 2.05) is 0 Å². The van der Waals surface area contributed by atoms with Crippen molar-refractivity contribution < 1.29 is 14.3 Å². The molecular weight excluding hydrogens is 188 g/mol. The van der Waals surface area contributed by atoms with Crippen LogP contribution in [0.5, 0.6) is 0 Å². The Morgan fingerprint density at radius 1 is 1.54 bits per heavy atom. The third kappa shape index (κ3) is 6.16. The topological polar surface area (TPSA) is 43.4 Å². The van der Waals surface area contributed by atoms with Crippen LogP contribution in [0.3, 0.4) is 0 Å². The first kappa shape index (κ1) is 12.0. The third-order valence-corrected chi connectivity index (χ3v) is 1.90. The zero-order chi connectivity index (χ0) is 10.3. The van der Waals surface area contributed by atoms with Crippen LogP contribution in [0.2, 0.25) is 0 Å². The Morgan fingerprint density at radius 2 is 2.15 bits per heavy atom. The summed E-state index contributed by atoms with van der Waals surface area (Å²) in [6, 6.07) is 0. The first-order chi connectivity index (χ1) is 6.07. The molecule has 0 aliphatic carbocycles. The Bertz CT molecular complexity index is 233. The summed E-state index contributed by atoms with van der Waals surface area (Å²) in [7, 11) is 0. The monoisotopic (exact) mass is 200 g/mol. The summed E-state index contributed by atoms with van der Waals surface area (Å²) < 4.78 is 4.75. The molecule has 0 aromatic carbocycles. The van der Waals surface area contributed by atoms with Crippen LogP contribution in [-0.2, 0) is 14.3 Å². The molecule has 0 aromatic heterocycles. The summed E-state index contributed by atoms with van der Waals surface area (Å²) in [5.41, 5.74) is 0.361. The van der Waals surface area contributed by atoms with E-state index in [0.29, 0.717) is 11.3 Å². The molecule has 0 bridgehead atoms. The third-order valence-electron chi connectivity index (χ3n) is 1.08. The van der Waals surface area contributed by atoms with Gasteiger partial charge in [-0.25, -0.2) is 4.79 Å². The molecular formula is C9H12O3S. The Kier molecular flexibility index (Phi) is 5.97. The molecule has 0 spiro atoms. The van der Waals surface area contributed by atoms with Crippen molar-refractivity contribution >= 4 is 22.8 Å². The summed E-state index contributed by atoms with van der Waals surface area (Å²) >= 11 is 1.07. The average molecular weight is 200 g/mol. The summed E-state index contributed by atoms with van der Waals surface area (Å²) in [4.78, 5) is 21.5. The zero-order valence-electron chi connectivity index (χ0n) is 7.54. The average Bonchev–Trinajstić information content (AvgIpc) is 2.11. The summed E-state index contributed by atoms with van der Waals surface area (Å²) in [6.07, 6.45) is 1.23. The highest BCUT2D eigenvalue weighted by molar-refractivity contribution is 8.14. The fourth-order valence-electron chi connectivity index (χ4n) is 0.459. The number of hydrogen-bond donors (Lipinski definition) is 0. The van der Waals surface area contributed by atoms with Gasteiger partial charge in [-0.2, -0.15) is 0 Å². The lowest BCUT2D eigenvalue weighted by molar-refractivity contribution is -0.138. The van der Waals surface area contributed by atoms with E-state index in [4.69, 9.17) is 4.74 Å². The van der Waals surface area contributed by atoms with E-state index >= 15 is 0 Å². The normalized spacial score (nSPS) is 9.00. The molecule has 0 saturated heterocycles. The molecule has 72 valence electrons. The largest absolute Gasteiger partial charge is 0.461 e. The second-order valence-corrected chi connectivity index (χ2v) is 3.39. The zero-order valence-corrected chi connectivity index (χ0v) is 8.36. The minimum atomic E-state index is -0.424. The predicted molar refractivity (Wildman–Crippen MR) is 53.4 cm³/mol. The maximum atomic E-state index is 10.8. The van der Waals surface area contributed by atoms with Crippen molar-refractivity contribution in [2.24, 2.45) is 0 Å². The fourth-order valence-corrected chi connectivity index (χ4v) is 0.944. The van der Waals surface area contributed by atoms with Crippen molar-refractivity contribution in [2.45, 2.75) is 6.92 Å². The van der Waals surface area contributed by atoms with E-state index in [1.54, 1.807) is 6.92 Å². The van der Waals surface area contributed by atoms with Gasteiger partial charge in [0.1, 0.15) is 6.61 Å². The smallest absolute Gasteiger partial charge is 0.333 e. The molecule has 0 rings (SSSR count). The van der Waals surface area contributed by atoms with Crippen molar-refractivity contribution in [1.29, 1.82) is 0 Å². The summed E-state index contributed by atoms with van der Waals surface area (Å²) in [5, 5.41) is -0.119. The molecule has 0 fully saturated rings. The van der Waals surface area contributed by atoms with Gasteiger partial charge in [-0.15, -0.1) is 0 Å². The molecule has 0 aliphatic rings. The molecule has 0 amide bonds. The minimum absolute atomic E-state index is 0.119. The predicted octanol–water partition coefficient (Wildman–Crippen LogP) is 1.55. The van der Waals surface area contributed by atoms with Gasteiger partial charge in [0.05, 0.1) is 0 Å². The number of rotatable bonds is 5. The van der Waals surface area contributed by atoms with Crippen LogP contribution in [0.1, 0.15) is 6.92 Å². The van der Waals surface area contributed by atoms with Crippen molar-refractivity contribution in [1.82, 2.24) is 0 Å². The van der Waals surface area contributed by atoms with Crippen LogP contribution >= 0.6 is 11.8 Å². The molecule has 0 aromatic rings. The Hall–Kier alpha value is -1.03. The number of thioether (sulfide) groups is 1. The molecule has 0 saturated carbocycles. The fraction of sp³-hybridized carbons (Fsp3) is 0.333. The van der Waals surface area contributed by atoms with Gasteiger partial charge in [-0.3, -0.25) is 4.79 Å². The van der Waals surface area contributed by atoms with Crippen molar-refractivity contribution in [3.05, 3.63) is 24.8 Å². The van der Waals surface area contributed by atoms with E-state index < -0.39 is 5.97 Å². The first-order valence-corrected chi connectivity index (χ1v) is 4.68. The lowest BCUT2D eigenvalue weighted by Gasteiger charge is -2.01. The van der Waals surface area contributed by atoms with Crippen LogP contribution in [0.15, 0.2) is 24.8 Å². The first-order valence-electron chi connectivity index (χ1n) is 3.69. The van der Waals surface area contributed by atoms with Crippen molar-refractivity contribution in [3.63, 3.8) is 0 Å². The van der Waals surface area contributed by atoms with Crippen molar-refractivity contribution in [3.8, 4) is 0 Å². The van der Waals surface area contributed by atoms with Gasteiger partial charge in [0.25, 0.3) is 0 Å². The number of carbonyl (C=O) groups excluding carboxylic acids is 2. The van der Waals surface area contributed by atoms with E-state index in [-0.39, 0.29) is 11.7 Å². The van der Waals surface area contributed by atoms with Crippen LogP contribution in [0, 0.1) is 0 Å². The van der Waals surface area contributed by atoms with E-state index in [0.717, 1.165) is 11.8 Å². The quantitative estimate of drug-likeness (QED) is 0.383. The van der Waals surface area contributed by atoms with Gasteiger partial charge < -0.3 is 4.74 Å². The molecule has 0 radical (unpaired) electrons. The van der Waals surface area contributed by atoms with E-state index in [1.165, 1.54) is 6.08 Å². The molecule has 3 nitrogen and oxygen atoms in total. The van der Waals surface area contributed by atoms with Gasteiger partial charge >= 0.3 is 5.97 Å². The van der Waals surface area contributed by atoms with Crippen LogP contribution in [0.25, 0.3) is 0 Å². The SMILES string of the molecule is C=CC(=O)SCCOC(=O)C(=C)C. The van der Waals surface area contributed by atoms with E-state index in [9.17, 15) is 9.59 Å². The molecule has 0 N–H and O–H groups in total. The van der Waals surface area contributed by atoms with E-state index in [2.05, 4.69) is 13.2 Å². The molecule has 0 unspecified atom stereocenters. The number of hydrogen-bond acceptors (Lipinski definition) is 4. The summed E-state index contributed by atoms with van der Waals surface area (Å²) in [5.74, 6) is 0.0239. The highest BCUT2D eigenvalue weighted by Gasteiger charge is 2.02. The molecule has 0 aliphatic heterocycles. The van der Waals surface area contributed by atoms with Crippen LogP contribution in [-0.4, -0.2) is 23.4 Å². The van der Waals surface area contributed by atoms with Crippen LogP contribution in [0.4, 0.5) is 0 Å². The molecule has 0 heterocycles.